The molecule has 1 aromatic carbocycles. The van der Waals surface area contributed by atoms with Gasteiger partial charge in [-0.1, -0.05) is 6.07 Å². The summed E-state index contributed by atoms with van der Waals surface area (Å²) in [4.78, 5) is 15.3. The Hall–Kier alpha value is -1.85. The number of rotatable bonds is 3. The summed E-state index contributed by atoms with van der Waals surface area (Å²) < 4.78 is 0. The van der Waals surface area contributed by atoms with Crippen LogP contribution in [0.3, 0.4) is 0 Å². The monoisotopic (exact) mass is 274 g/mol. The van der Waals surface area contributed by atoms with Crippen LogP contribution < -0.4 is 5.32 Å². The third-order valence-electron chi connectivity index (χ3n) is 4.04. The van der Waals surface area contributed by atoms with Gasteiger partial charge in [-0.25, -0.2) is 0 Å². The summed E-state index contributed by atoms with van der Waals surface area (Å²) in [5.41, 5.74) is 1.53. The van der Waals surface area contributed by atoms with Crippen molar-refractivity contribution in [1.82, 2.24) is 10.3 Å². The maximum absolute atomic E-state index is 12.2. The van der Waals surface area contributed by atoms with Gasteiger partial charge in [0.25, 0.3) is 5.91 Å². The molecule has 4 N–H and O–H groups in total. The minimum absolute atomic E-state index is 0.0397. The fraction of sp³-hybridized carbons (Fsp3) is 0.400. The van der Waals surface area contributed by atoms with Gasteiger partial charge in [-0.05, 0) is 36.4 Å². The molecule has 1 aliphatic rings. The number of fused-ring (bicyclic) bond motifs is 1. The molecule has 1 aromatic heterocycles. The summed E-state index contributed by atoms with van der Waals surface area (Å²) in [6, 6.07) is 7.39. The molecule has 1 heterocycles. The van der Waals surface area contributed by atoms with Gasteiger partial charge in [-0.3, -0.25) is 4.79 Å². The van der Waals surface area contributed by atoms with Crippen LogP contribution in [0.1, 0.15) is 23.2 Å². The quantitative estimate of drug-likeness (QED) is 0.674. The largest absolute Gasteiger partial charge is 0.396 e. The molecule has 2 aromatic rings. The number of aromatic amines is 1. The van der Waals surface area contributed by atoms with Gasteiger partial charge in [-0.15, -0.1) is 0 Å². The van der Waals surface area contributed by atoms with Crippen LogP contribution in [0.2, 0.25) is 0 Å². The van der Waals surface area contributed by atoms with Crippen LogP contribution in [-0.4, -0.2) is 39.9 Å². The number of H-pyrrole nitrogens is 1. The van der Waals surface area contributed by atoms with E-state index in [1.807, 2.05) is 24.4 Å². The Balaban J connectivity index is 1.70. The van der Waals surface area contributed by atoms with E-state index in [4.69, 9.17) is 5.11 Å². The van der Waals surface area contributed by atoms with E-state index in [0.29, 0.717) is 18.4 Å². The van der Waals surface area contributed by atoms with Crippen LogP contribution in [0.5, 0.6) is 0 Å². The van der Waals surface area contributed by atoms with Crippen LogP contribution >= 0.6 is 0 Å². The Morgan fingerprint density at radius 1 is 1.35 bits per heavy atom. The van der Waals surface area contributed by atoms with E-state index in [1.165, 1.54) is 0 Å². The predicted molar refractivity (Wildman–Crippen MR) is 75.4 cm³/mol. The Labute approximate surface area is 116 Å². The smallest absolute Gasteiger partial charge is 0.251 e. The maximum Gasteiger partial charge on any atom is 0.251 e. The van der Waals surface area contributed by atoms with Crippen LogP contribution in [0.4, 0.5) is 0 Å². The number of carbonyl (C=O) groups excluding carboxylic acids is 1. The Morgan fingerprint density at radius 3 is 2.95 bits per heavy atom. The van der Waals surface area contributed by atoms with Gasteiger partial charge < -0.3 is 20.5 Å². The predicted octanol–water partition coefficient (Wildman–Crippen LogP) is 1.03. The van der Waals surface area contributed by atoms with Crippen LogP contribution in [-0.2, 0) is 0 Å². The molecule has 1 fully saturated rings. The van der Waals surface area contributed by atoms with E-state index >= 15 is 0 Å². The highest BCUT2D eigenvalue weighted by Crippen LogP contribution is 2.26. The molecule has 1 amide bonds. The first-order chi connectivity index (χ1) is 9.67. The first-order valence-corrected chi connectivity index (χ1v) is 6.84. The van der Waals surface area contributed by atoms with Gasteiger partial charge in [-0.2, -0.15) is 0 Å². The fourth-order valence-electron chi connectivity index (χ4n) is 2.87. The second kappa shape index (κ2) is 5.26. The average molecular weight is 274 g/mol. The van der Waals surface area contributed by atoms with Crippen molar-refractivity contribution in [2.45, 2.75) is 25.0 Å². The Bertz CT molecular complexity index is 622. The van der Waals surface area contributed by atoms with Crippen molar-refractivity contribution in [2.75, 3.05) is 6.61 Å². The SMILES string of the molecule is O=C(N[C@@H]1C[C@@H](CO)[C@H](O)C1)c1ccc2cc[nH]c2c1. The normalized spacial score (nSPS) is 26.0. The first-order valence-electron chi connectivity index (χ1n) is 6.84. The summed E-state index contributed by atoms with van der Waals surface area (Å²) in [6.45, 7) is -0.0397. The van der Waals surface area contributed by atoms with E-state index in [2.05, 4.69) is 10.3 Å². The van der Waals surface area contributed by atoms with Crippen molar-refractivity contribution >= 4 is 16.8 Å². The molecule has 1 aliphatic carbocycles. The van der Waals surface area contributed by atoms with Gasteiger partial charge >= 0.3 is 0 Å². The van der Waals surface area contributed by atoms with Crippen molar-refractivity contribution in [2.24, 2.45) is 5.92 Å². The minimum atomic E-state index is -0.531. The summed E-state index contributed by atoms with van der Waals surface area (Å²) >= 11 is 0. The zero-order valence-electron chi connectivity index (χ0n) is 11.0. The molecule has 20 heavy (non-hydrogen) atoms. The van der Waals surface area contributed by atoms with Crippen molar-refractivity contribution < 1.29 is 15.0 Å². The Kier molecular flexibility index (Phi) is 3.46. The number of amides is 1. The average Bonchev–Trinajstić information content (AvgIpc) is 3.03. The summed E-state index contributed by atoms with van der Waals surface area (Å²) in [5.74, 6) is -0.275. The molecule has 5 heteroatoms. The molecular weight excluding hydrogens is 256 g/mol. The molecule has 0 radical (unpaired) electrons. The lowest BCUT2D eigenvalue weighted by Gasteiger charge is -2.12. The number of aromatic nitrogens is 1. The molecule has 0 aliphatic heterocycles. The van der Waals surface area contributed by atoms with E-state index in [9.17, 15) is 9.90 Å². The number of nitrogens with one attached hydrogen (secondary N) is 2. The van der Waals surface area contributed by atoms with Crippen LogP contribution in [0.25, 0.3) is 10.9 Å². The molecule has 5 nitrogen and oxygen atoms in total. The van der Waals surface area contributed by atoms with Crippen LogP contribution in [0.15, 0.2) is 30.5 Å². The summed E-state index contributed by atoms with van der Waals surface area (Å²) in [5, 5.41) is 22.9. The number of carbonyl (C=O) groups is 1. The molecule has 3 rings (SSSR count). The highest BCUT2D eigenvalue weighted by atomic mass is 16.3. The highest BCUT2D eigenvalue weighted by Gasteiger charge is 2.33. The lowest BCUT2D eigenvalue weighted by molar-refractivity contribution is 0.0903. The standard InChI is InChI=1S/C15H18N2O3/c18-8-11-5-12(7-14(11)19)17-15(20)10-2-1-9-3-4-16-13(9)6-10/h1-4,6,11-12,14,16,18-19H,5,7-8H2,(H,17,20)/t11-,12+,14+/m0/s1. The van der Waals surface area contributed by atoms with E-state index in [-0.39, 0.29) is 24.5 Å². The number of benzene rings is 1. The molecule has 0 unspecified atom stereocenters. The Morgan fingerprint density at radius 2 is 2.20 bits per heavy atom. The number of aliphatic hydroxyl groups is 2. The van der Waals surface area contributed by atoms with E-state index < -0.39 is 6.10 Å². The minimum Gasteiger partial charge on any atom is -0.396 e. The number of hydrogen-bond donors (Lipinski definition) is 4. The maximum atomic E-state index is 12.2. The second-order valence-corrected chi connectivity index (χ2v) is 5.43. The molecule has 0 saturated heterocycles. The van der Waals surface area contributed by atoms with Gasteiger partial charge in [0.15, 0.2) is 0 Å². The van der Waals surface area contributed by atoms with E-state index in [1.54, 1.807) is 6.07 Å². The van der Waals surface area contributed by atoms with Gasteiger partial charge in [0.05, 0.1) is 6.10 Å². The second-order valence-electron chi connectivity index (χ2n) is 5.43. The third-order valence-corrected chi connectivity index (χ3v) is 4.04. The molecular formula is C15H18N2O3. The van der Waals surface area contributed by atoms with Crippen molar-refractivity contribution in [3.05, 3.63) is 36.0 Å². The number of aliphatic hydroxyl groups excluding tert-OH is 2. The van der Waals surface area contributed by atoms with Crippen molar-refractivity contribution in [3.63, 3.8) is 0 Å². The molecule has 0 spiro atoms. The lowest BCUT2D eigenvalue weighted by Crippen LogP contribution is -2.33. The topological polar surface area (TPSA) is 85.3 Å². The molecule has 0 bridgehead atoms. The summed E-state index contributed by atoms with van der Waals surface area (Å²) in [7, 11) is 0. The lowest BCUT2D eigenvalue weighted by atomic mass is 10.1. The molecule has 1 saturated carbocycles. The third kappa shape index (κ3) is 2.42. The van der Waals surface area contributed by atoms with E-state index in [0.717, 1.165) is 10.9 Å². The summed E-state index contributed by atoms with van der Waals surface area (Å²) in [6.07, 6.45) is 2.43. The zero-order chi connectivity index (χ0) is 14.1. The first kappa shape index (κ1) is 13.1. The van der Waals surface area contributed by atoms with Crippen LogP contribution in [0, 0.1) is 5.92 Å². The van der Waals surface area contributed by atoms with Gasteiger partial charge in [0.1, 0.15) is 0 Å². The van der Waals surface area contributed by atoms with Gasteiger partial charge in [0, 0.05) is 35.8 Å². The highest BCUT2D eigenvalue weighted by molar-refractivity contribution is 5.98. The van der Waals surface area contributed by atoms with Crippen molar-refractivity contribution in [1.29, 1.82) is 0 Å². The zero-order valence-corrected chi connectivity index (χ0v) is 11.0. The number of hydrogen-bond acceptors (Lipinski definition) is 3. The fourth-order valence-corrected chi connectivity index (χ4v) is 2.87. The molecule has 106 valence electrons. The van der Waals surface area contributed by atoms with Gasteiger partial charge in [0.2, 0.25) is 0 Å². The molecule has 3 atom stereocenters. The van der Waals surface area contributed by atoms with Crippen molar-refractivity contribution in [3.8, 4) is 0 Å².